The van der Waals surface area contributed by atoms with Gasteiger partial charge in [0.05, 0.1) is 37.8 Å². The van der Waals surface area contributed by atoms with Gasteiger partial charge in [-0.1, -0.05) is 52.0 Å². The predicted molar refractivity (Wildman–Crippen MR) is 176 cm³/mol. The average molecular weight is 627 g/mol. The van der Waals surface area contributed by atoms with Gasteiger partial charge in [-0.2, -0.15) is 0 Å². The van der Waals surface area contributed by atoms with E-state index >= 15 is 0 Å². The van der Waals surface area contributed by atoms with Crippen LogP contribution in [0.3, 0.4) is 0 Å². The molecule has 5 atom stereocenters. The zero-order chi connectivity index (χ0) is 32.5. The summed E-state index contributed by atoms with van der Waals surface area (Å²) in [6.07, 6.45) is 0. The van der Waals surface area contributed by atoms with E-state index in [2.05, 4.69) is 20.4 Å². The summed E-state index contributed by atoms with van der Waals surface area (Å²) in [6, 6.07) is 15.0. The van der Waals surface area contributed by atoms with Crippen LogP contribution in [0, 0.1) is 11.8 Å². The minimum Gasteiger partial charge on any atom is -0.467 e. The van der Waals surface area contributed by atoms with Crippen molar-refractivity contribution in [3.63, 3.8) is 0 Å². The maximum atomic E-state index is 12.6. The van der Waals surface area contributed by atoms with Crippen LogP contribution in [0.15, 0.2) is 48.5 Å². The number of aromatic nitrogens is 4. The standard InChI is InChI=1S/C34H42N8O4/c1-19(2)27(33(43)45-5)38-30-21-11-7-9-13-23(21)35-26(37-30)18-41-15-16-42-25(17-41)29(42)32-36-24-14-10-8-12-22(24)31(40-32)39-28(20(3)4)34(44)46-6/h7-14,19-20,25,27-29H,15-18H2,1-6H3,(H,35,37,38)(H,36,39,40)/t25?,27?,28-,29?,42?/m0/s1. The minimum absolute atomic E-state index is 0.00859. The number of nitrogens with zero attached hydrogens (tertiary/aromatic N) is 6. The molecule has 0 bridgehead atoms. The normalized spacial score (nSPS) is 20.7. The Hall–Kier alpha value is -4.42. The van der Waals surface area contributed by atoms with E-state index in [9.17, 15) is 9.59 Å². The lowest BCUT2D eigenvalue weighted by Crippen LogP contribution is -2.38. The van der Waals surface area contributed by atoms with Crippen LogP contribution in [0.25, 0.3) is 21.8 Å². The van der Waals surface area contributed by atoms with Crippen LogP contribution in [0.2, 0.25) is 0 Å². The van der Waals surface area contributed by atoms with Crippen LogP contribution < -0.4 is 10.6 Å². The smallest absolute Gasteiger partial charge is 0.328 e. The first-order chi connectivity index (χ1) is 22.2. The van der Waals surface area contributed by atoms with Crippen LogP contribution in [0.5, 0.6) is 0 Å². The summed E-state index contributed by atoms with van der Waals surface area (Å²) in [5.41, 5.74) is 1.65. The van der Waals surface area contributed by atoms with E-state index in [4.69, 9.17) is 29.4 Å². The van der Waals surface area contributed by atoms with Gasteiger partial charge < -0.3 is 20.1 Å². The quantitative estimate of drug-likeness (QED) is 0.184. The number of hydrogen-bond donors (Lipinski definition) is 2. The van der Waals surface area contributed by atoms with E-state index in [0.717, 1.165) is 47.3 Å². The first-order valence-electron chi connectivity index (χ1n) is 15.9. The number of anilines is 2. The van der Waals surface area contributed by atoms with Crippen LogP contribution in [0.1, 0.15) is 45.4 Å². The van der Waals surface area contributed by atoms with E-state index in [0.29, 0.717) is 24.0 Å². The van der Waals surface area contributed by atoms with Crippen LogP contribution in [-0.2, 0) is 25.6 Å². The van der Waals surface area contributed by atoms with Crippen molar-refractivity contribution in [1.82, 2.24) is 29.7 Å². The number of ether oxygens (including phenoxy) is 2. The highest BCUT2D eigenvalue weighted by molar-refractivity contribution is 5.92. The molecule has 12 nitrogen and oxygen atoms in total. The van der Waals surface area contributed by atoms with Crippen molar-refractivity contribution in [2.75, 3.05) is 44.5 Å². The summed E-state index contributed by atoms with van der Waals surface area (Å²) in [5, 5.41) is 8.43. The van der Waals surface area contributed by atoms with Gasteiger partial charge in [0, 0.05) is 36.4 Å². The highest BCUT2D eigenvalue weighted by Gasteiger charge is 2.53. The fraction of sp³-hybridized carbons (Fsp3) is 0.471. The first kappa shape index (κ1) is 31.6. The molecular weight excluding hydrogens is 584 g/mol. The van der Waals surface area contributed by atoms with Gasteiger partial charge in [-0.05, 0) is 36.1 Å². The maximum Gasteiger partial charge on any atom is 0.328 e. The lowest BCUT2D eigenvalue weighted by Gasteiger charge is -2.26. The molecule has 242 valence electrons. The molecule has 0 aliphatic carbocycles. The number of nitrogens with one attached hydrogen (secondary N) is 2. The van der Waals surface area contributed by atoms with Gasteiger partial charge in [-0.25, -0.2) is 29.5 Å². The zero-order valence-electron chi connectivity index (χ0n) is 27.2. The van der Waals surface area contributed by atoms with Gasteiger partial charge in [0.25, 0.3) is 0 Å². The van der Waals surface area contributed by atoms with E-state index in [1.165, 1.54) is 14.2 Å². The molecule has 2 aliphatic heterocycles. The molecule has 0 amide bonds. The number of rotatable bonds is 11. The molecule has 4 unspecified atom stereocenters. The van der Waals surface area contributed by atoms with Crippen molar-refractivity contribution >= 4 is 45.4 Å². The summed E-state index contributed by atoms with van der Waals surface area (Å²) in [7, 11) is 2.81. The third kappa shape index (κ3) is 6.32. The van der Waals surface area contributed by atoms with E-state index in [1.54, 1.807) is 0 Å². The Morgan fingerprint density at radius 3 is 1.89 bits per heavy atom. The lowest BCUT2D eigenvalue weighted by atomic mass is 10.0. The van der Waals surface area contributed by atoms with Crippen molar-refractivity contribution in [2.24, 2.45) is 11.8 Å². The minimum atomic E-state index is -0.531. The number of carbonyl (C=O) groups excluding carboxylic acids is 2. The largest absolute Gasteiger partial charge is 0.467 e. The first-order valence-corrected chi connectivity index (χ1v) is 15.9. The molecule has 2 saturated heterocycles. The zero-order valence-corrected chi connectivity index (χ0v) is 27.2. The molecular formula is C34H42N8O4. The monoisotopic (exact) mass is 626 g/mol. The Bertz CT molecular complexity index is 1750. The van der Waals surface area contributed by atoms with Crippen molar-refractivity contribution in [3.05, 3.63) is 60.2 Å². The van der Waals surface area contributed by atoms with Gasteiger partial charge in [0.2, 0.25) is 0 Å². The number of methoxy groups -OCH3 is 2. The average Bonchev–Trinajstić information content (AvgIpc) is 3.78. The molecule has 0 spiro atoms. The predicted octanol–water partition coefficient (Wildman–Crippen LogP) is 4.03. The fourth-order valence-corrected chi connectivity index (χ4v) is 6.30. The molecule has 0 radical (unpaired) electrons. The fourth-order valence-electron chi connectivity index (χ4n) is 6.30. The molecule has 2 aromatic carbocycles. The van der Waals surface area contributed by atoms with Gasteiger partial charge in [-0.3, -0.25) is 9.80 Å². The second-order valence-corrected chi connectivity index (χ2v) is 12.7. The highest BCUT2D eigenvalue weighted by Crippen LogP contribution is 2.44. The third-order valence-corrected chi connectivity index (χ3v) is 8.91. The summed E-state index contributed by atoms with van der Waals surface area (Å²) >= 11 is 0. The molecule has 12 heteroatoms. The van der Waals surface area contributed by atoms with Crippen molar-refractivity contribution in [3.8, 4) is 0 Å². The topological polar surface area (TPSA) is 134 Å². The van der Waals surface area contributed by atoms with Crippen LogP contribution >= 0.6 is 0 Å². The Labute approximate surface area is 268 Å². The van der Waals surface area contributed by atoms with Crippen molar-refractivity contribution in [1.29, 1.82) is 0 Å². The second-order valence-electron chi connectivity index (χ2n) is 12.7. The Morgan fingerprint density at radius 2 is 1.33 bits per heavy atom. The Kier molecular flexibility index (Phi) is 9.01. The molecule has 2 fully saturated rings. The summed E-state index contributed by atoms with van der Waals surface area (Å²) in [5.74, 6) is 2.08. The van der Waals surface area contributed by atoms with Gasteiger partial charge in [0.15, 0.2) is 0 Å². The number of carbonyl (C=O) groups is 2. The molecule has 2 aliphatic rings. The van der Waals surface area contributed by atoms with Crippen molar-refractivity contribution in [2.45, 2.75) is 58.4 Å². The van der Waals surface area contributed by atoms with Gasteiger partial charge in [-0.15, -0.1) is 0 Å². The van der Waals surface area contributed by atoms with Crippen LogP contribution in [0.4, 0.5) is 11.6 Å². The maximum absolute atomic E-state index is 12.6. The number of piperazine rings is 1. The number of para-hydroxylation sites is 2. The highest BCUT2D eigenvalue weighted by atomic mass is 16.5. The molecule has 4 aromatic rings. The molecule has 2 N–H and O–H groups in total. The summed E-state index contributed by atoms with van der Waals surface area (Å²) in [4.78, 5) is 49.6. The number of fused-ring (bicyclic) bond motifs is 3. The Morgan fingerprint density at radius 1 is 0.783 bits per heavy atom. The molecule has 4 heterocycles. The lowest BCUT2D eigenvalue weighted by molar-refractivity contribution is -0.143. The molecule has 46 heavy (non-hydrogen) atoms. The third-order valence-electron chi connectivity index (χ3n) is 8.91. The van der Waals surface area contributed by atoms with E-state index < -0.39 is 12.1 Å². The van der Waals surface area contributed by atoms with Crippen molar-refractivity contribution < 1.29 is 19.1 Å². The van der Waals surface area contributed by atoms with Crippen LogP contribution in [-0.4, -0.2) is 93.7 Å². The molecule has 0 saturated carbocycles. The molecule has 6 rings (SSSR count). The van der Waals surface area contributed by atoms with E-state index in [1.807, 2.05) is 76.2 Å². The Balaban J connectivity index is 1.22. The SMILES string of the molecule is COC(=O)C(Nc1nc(CN2CCN3C(C2)C3c2nc(N[C@H](C(=O)OC)C(C)C)c3ccccc3n2)nc2ccccc12)C(C)C. The number of benzene rings is 2. The summed E-state index contributed by atoms with van der Waals surface area (Å²) in [6.45, 7) is 11.0. The van der Waals surface area contributed by atoms with Gasteiger partial charge >= 0.3 is 11.9 Å². The van der Waals surface area contributed by atoms with Gasteiger partial charge in [0.1, 0.15) is 35.4 Å². The second kappa shape index (κ2) is 13.1. The summed E-state index contributed by atoms with van der Waals surface area (Å²) < 4.78 is 10.1. The number of esters is 2. The number of hydrogen-bond acceptors (Lipinski definition) is 12. The van der Waals surface area contributed by atoms with E-state index in [-0.39, 0.29) is 35.9 Å². The molecule has 2 aromatic heterocycles.